The van der Waals surface area contributed by atoms with E-state index in [2.05, 4.69) is 46.9 Å². The van der Waals surface area contributed by atoms with Crippen molar-refractivity contribution in [3.8, 4) is 0 Å². The third kappa shape index (κ3) is 4.55. The Morgan fingerprint density at radius 2 is 1.83 bits per heavy atom. The van der Waals surface area contributed by atoms with Gasteiger partial charge in [-0.25, -0.2) is 0 Å². The minimum Gasteiger partial charge on any atom is -0.370 e. The minimum absolute atomic E-state index is 0.00560. The summed E-state index contributed by atoms with van der Waals surface area (Å²) in [4.78, 5) is 0. The summed E-state index contributed by atoms with van der Waals surface area (Å²) in [5.41, 5.74) is 0.00560. The smallest absolute Gasteiger partial charge is 0.0760 e. The van der Waals surface area contributed by atoms with E-state index >= 15 is 0 Å². The topological polar surface area (TPSA) is 21.3 Å². The first-order valence-corrected chi connectivity index (χ1v) is 7.80. The van der Waals surface area contributed by atoms with Crippen LogP contribution in [-0.4, -0.2) is 24.3 Å². The molecule has 18 heavy (non-hydrogen) atoms. The van der Waals surface area contributed by atoms with Crippen LogP contribution < -0.4 is 5.32 Å². The largest absolute Gasteiger partial charge is 0.370 e. The zero-order valence-corrected chi connectivity index (χ0v) is 13.3. The van der Waals surface area contributed by atoms with Crippen LogP contribution >= 0.6 is 0 Å². The summed E-state index contributed by atoms with van der Waals surface area (Å²) in [6.07, 6.45) is 5.21. The Bertz CT molecular complexity index is 239. The van der Waals surface area contributed by atoms with Crippen molar-refractivity contribution < 1.29 is 4.74 Å². The van der Waals surface area contributed by atoms with Crippen LogP contribution in [0, 0.1) is 11.8 Å². The molecule has 108 valence electrons. The Morgan fingerprint density at radius 3 is 2.39 bits per heavy atom. The quantitative estimate of drug-likeness (QED) is 0.774. The Balaban J connectivity index is 2.68. The van der Waals surface area contributed by atoms with E-state index in [0.717, 1.165) is 18.9 Å². The Morgan fingerprint density at radius 1 is 1.17 bits per heavy atom. The molecule has 0 heterocycles. The molecule has 2 heteroatoms. The van der Waals surface area contributed by atoms with Gasteiger partial charge in [-0.15, -0.1) is 0 Å². The molecule has 2 nitrogen and oxygen atoms in total. The second-order valence-electron chi connectivity index (χ2n) is 6.81. The predicted molar refractivity (Wildman–Crippen MR) is 78.9 cm³/mol. The molecular formula is C16H33NO. The maximum atomic E-state index is 6.44. The van der Waals surface area contributed by atoms with Gasteiger partial charge in [-0.05, 0) is 57.9 Å². The Kier molecular flexibility index (Phi) is 6.13. The molecule has 0 spiro atoms. The molecule has 4 atom stereocenters. The fourth-order valence-electron chi connectivity index (χ4n) is 3.01. The summed E-state index contributed by atoms with van der Waals surface area (Å²) in [6, 6.07) is 0.537. The number of hydrogen-bond acceptors (Lipinski definition) is 2. The Labute approximate surface area is 114 Å². The van der Waals surface area contributed by atoms with E-state index in [1.54, 1.807) is 0 Å². The number of ether oxygens (including phenoxy) is 1. The molecule has 1 N–H and O–H groups in total. The van der Waals surface area contributed by atoms with Crippen LogP contribution in [0.15, 0.2) is 0 Å². The maximum Gasteiger partial charge on any atom is 0.0760 e. The lowest BCUT2D eigenvalue weighted by molar-refractivity contribution is -0.124. The summed E-state index contributed by atoms with van der Waals surface area (Å²) in [7, 11) is 0. The molecule has 0 bridgehead atoms. The molecule has 0 radical (unpaired) electrons. The normalized spacial score (nSPS) is 33.7. The molecule has 1 aliphatic rings. The molecule has 0 aromatic heterocycles. The van der Waals surface area contributed by atoms with E-state index in [4.69, 9.17) is 4.74 Å². The van der Waals surface area contributed by atoms with Crippen LogP contribution in [0.3, 0.4) is 0 Å². The second-order valence-corrected chi connectivity index (χ2v) is 6.81. The third-order valence-electron chi connectivity index (χ3n) is 4.35. The van der Waals surface area contributed by atoms with Gasteiger partial charge in [0.15, 0.2) is 0 Å². The number of hydrogen-bond donors (Lipinski definition) is 1. The van der Waals surface area contributed by atoms with E-state index in [9.17, 15) is 0 Å². The average Bonchev–Trinajstić information content (AvgIpc) is 2.30. The number of rotatable bonds is 6. The molecule has 4 unspecified atom stereocenters. The van der Waals surface area contributed by atoms with Gasteiger partial charge >= 0.3 is 0 Å². The monoisotopic (exact) mass is 255 g/mol. The van der Waals surface area contributed by atoms with Crippen LogP contribution in [0.25, 0.3) is 0 Å². The van der Waals surface area contributed by atoms with Gasteiger partial charge in [-0.3, -0.25) is 0 Å². The third-order valence-corrected chi connectivity index (χ3v) is 4.35. The molecule has 0 aliphatic heterocycles. The summed E-state index contributed by atoms with van der Waals surface area (Å²) in [5, 5.41) is 3.70. The van der Waals surface area contributed by atoms with Gasteiger partial charge in [0, 0.05) is 6.04 Å². The lowest BCUT2D eigenvalue weighted by atomic mass is 9.77. The van der Waals surface area contributed by atoms with Crippen LogP contribution in [0.5, 0.6) is 0 Å². The van der Waals surface area contributed by atoms with Gasteiger partial charge in [0.05, 0.1) is 11.7 Å². The van der Waals surface area contributed by atoms with Gasteiger partial charge in [0.1, 0.15) is 0 Å². The standard InChI is InChI=1S/C16H33NO/c1-7-9-17-14-11-12(3)10-13(4)15(14)18-16(5,6)8-2/h12-15,17H,7-11H2,1-6H3. The van der Waals surface area contributed by atoms with E-state index < -0.39 is 0 Å². The van der Waals surface area contributed by atoms with Crippen LogP contribution in [0.1, 0.15) is 67.2 Å². The number of nitrogens with one attached hydrogen (secondary N) is 1. The molecule has 1 fully saturated rings. The van der Waals surface area contributed by atoms with Crippen molar-refractivity contribution in [3.05, 3.63) is 0 Å². The predicted octanol–water partition coefficient (Wildman–Crippen LogP) is 3.99. The fraction of sp³-hybridized carbons (Fsp3) is 1.00. The molecule has 0 aromatic carbocycles. The molecule has 0 aromatic rings. The summed E-state index contributed by atoms with van der Waals surface area (Å²) < 4.78 is 6.44. The van der Waals surface area contributed by atoms with Gasteiger partial charge in [-0.1, -0.05) is 27.7 Å². The van der Waals surface area contributed by atoms with Gasteiger partial charge in [0.2, 0.25) is 0 Å². The highest BCUT2D eigenvalue weighted by molar-refractivity contribution is 4.90. The Hall–Kier alpha value is -0.0800. The van der Waals surface area contributed by atoms with Crippen molar-refractivity contribution in [3.63, 3.8) is 0 Å². The van der Waals surface area contributed by atoms with Crippen molar-refractivity contribution in [1.29, 1.82) is 0 Å². The van der Waals surface area contributed by atoms with E-state index in [-0.39, 0.29) is 5.60 Å². The highest BCUT2D eigenvalue weighted by Crippen LogP contribution is 2.34. The highest BCUT2D eigenvalue weighted by atomic mass is 16.5. The molecule has 0 amide bonds. The molecule has 1 saturated carbocycles. The van der Waals surface area contributed by atoms with Crippen LogP contribution in [0.4, 0.5) is 0 Å². The van der Waals surface area contributed by atoms with Crippen molar-refractivity contribution in [1.82, 2.24) is 5.32 Å². The van der Waals surface area contributed by atoms with E-state index in [1.165, 1.54) is 19.3 Å². The van der Waals surface area contributed by atoms with Crippen molar-refractivity contribution >= 4 is 0 Å². The second kappa shape index (κ2) is 6.91. The zero-order valence-electron chi connectivity index (χ0n) is 13.3. The minimum atomic E-state index is 0.00560. The summed E-state index contributed by atoms with van der Waals surface area (Å²) in [5.74, 6) is 1.48. The van der Waals surface area contributed by atoms with Crippen molar-refractivity contribution in [2.45, 2.75) is 85.0 Å². The van der Waals surface area contributed by atoms with Crippen molar-refractivity contribution in [2.75, 3.05) is 6.54 Å². The van der Waals surface area contributed by atoms with Crippen LogP contribution in [0.2, 0.25) is 0 Å². The van der Waals surface area contributed by atoms with E-state index in [1.807, 2.05) is 0 Å². The zero-order chi connectivity index (χ0) is 13.8. The van der Waals surface area contributed by atoms with E-state index in [0.29, 0.717) is 18.1 Å². The molecule has 1 rings (SSSR count). The fourth-order valence-corrected chi connectivity index (χ4v) is 3.01. The SMILES string of the molecule is CCCNC1CC(C)CC(C)C1OC(C)(C)CC. The van der Waals surface area contributed by atoms with Gasteiger partial charge in [-0.2, -0.15) is 0 Å². The van der Waals surface area contributed by atoms with Crippen molar-refractivity contribution in [2.24, 2.45) is 11.8 Å². The summed E-state index contributed by atoms with van der Waals surface area (Å²) >= 11 is 0. The highest BCUT2D eigenvalue weighted by Gasteiger charge is 2.37. The lowest BCUT2D eigenvalue weighted by Gasteiger charge is -2.43. The molecule has 1 aliphatic carbocycles. The molecule has 0 saturated heterocycles. The lowest BCUT2D eigenvalue weighted by Crippen LogP contribution is -2.52. The van der Waals surface area contributed by atoms with Crippen LogP contribution in [-0.2, 0) is 4.74 Å². The summed E-state index contributed by atoms with van der Waals surface area (Å²) in [6.45, 7) is 14.7. The maximum absolute atomic E-state index is 6.44. The first kappa shape index (κ1) is 16.0. The average molecular weight is 255 g/mol. The first-order chi connectivity index (χ1) is 8.39. The van der Waals surface area contributed by atoms with Gasteiger partial charge < -0.3 is 10.1 Å². The molecular weight excluding hydrogens is 222 g/mol. The van der Waals surface area contributed by atoms with Gasteiger partial charge in [0.25, 0.3) is 0 Å². The first-order valence-electron chi connectivity index (χ1n) is 7.80.